The molecule has 0 bridgehead atoms. The van der Waals surface area contributed by atoms with E-state index in [1.54, 1.807) is 11.1 Å². The van der Waals surface area contributed by atoms with Crippen LogP contribution in [0.25, 0.3) is 11.1 Å². The highest BCUT2D eigenvalue weighted by Gasteiger charge is 2.41. The topological polar surface area (TPSA) is 0 Å². The minimum absolute atomic E-state index is 0.235. The highest BCUT2D eigenvalue weighted by Crippen LogP contribution is 2.54. The van der Waals surface area contributed by atoms with Crippen molar-refractivity contribution >= 4 is 15.9 Å². The van der Waals surface area contributed by atoms with Gasteiger partial charge in [-0.05, 0) is 47.2 Å². The Morgan fingerprint density at radius 3 is 2.14 bits per heavy atom. The molecule has 0 spiro atoms. The molecule has 1 heteroatoms. The van der Waals surface area contributed by atoms with E-state index in [1.807, 2.05) is 0 Å². The molecule has 0 heterocycles. The lowest BCUT2D eigenvalue weighted by Crippen LogP contribution is -2.25. The van der Waals surface area contributed by atoms with Crippen LogP contribution in [0.5, 0.6) is 0 Å². The van der Waals surface area contributed by atoms with Crippen LogP contribution in [0.4, 0.5) is 0 Å². The normalized spacial score (nSPS) is 14.7. The Morgan fingerprint density at radius 1 is 0.818 bits per heavy atom. The van der Waals surface area contributed by atoms with E-state index in [0.29, 0.717) is 0 Å². The molecule has 0 fully saturated rings. The minimum atomic E-state index is 0.235. The SMILES string of the molecule is CCCCC1(CCCC)c2ccccc2-c2cc(Br)ccc21. The van der Waals surface area contributed by atoms with E-state index < -0.39 is 0 Å². The van der Waals surface area contributed by atoms with Gasteiger partial charge < -0.3 is 0 Å². The van der Waals surface area contributed by atoms with E-state index in [0.717, 1.165) is 0 Å². The molecule has 0 nitrogen and oxygen atoms in total. The molecule has 1 aliphatic rings. The van der Waals surface area contributed by atoms with Crippen molar-refractivity contribution in [1.29, 1.82) is 0 Å². The second-order valence-electron chi connectivity index (χ2n) is 6.52. The number of halogens is 1. The van der Waals surface area contributed by atoms with Crippen LogP contribution in [-0.4, -0.2) is 0 Å². The maximum atomic E-state index is 3.66. The molecule has 0 aromatic heterocycles. The van der Waals surface area contributed by atoms with Gasteiger partial charge in [0.25, 0.3) is 0 Å². The molecule has 0 amide bonds. The third-order valence-electron chi connectivity index (χ3n) is 5.14. The van der Waals surface area contributed by atoms with Crippen LogP contribution in [-0.2, 0) is 5.41 Å². The molecule has 0 unspecified atom stereocenters. The molecule has 3 rings (SSSR count). The highest BCUT2D eigenvalue weighted by atomic mass is 79.9. The van der Waals surface area contributed by atoms with Crippen molar-refractivity contribution in [2.45, 2.75) is 57.8 Å². The minimum Gasteiger partial charge on any atom is -0.0654 e. The smallest absolute Gasteiger partial charge is 0.0215 e. The molecule has 1 aliphatic carbocycles. The van der Waals surface area contributed by atoms with Crippen LogP contribution in [0, 0.1) is 0 Å². The maximum Gasteiger partial charge on any atom is 0.0215 e. The Kier molecular flexibility index (Phi) is 4.73. The first-order chi connectivity index (χ1) is 10.7. The van der Waals surface area contributed by atoms with E-state index in [9.17, 15) is 0 Å². The average Bonchev–Trinajstić information content (AvgIpc) is 2.81. The van der Waals surface area contributed by atoms with Gasteiger partial charge in [-0.1, -0.05) is 85.8 Å². The van der Waals surface area contributed by atoms with Crippen molar-refractivity contribution < 1.29 is 0 Å². The first-order valence-electron chi connectivity index (χ1n) is 8.63. The summed E-state index contributed by atoms with van der Waals surface area (Å²) in [5.41, 5.74) is 6.24. The lowest BCUT2D eigenvalue weighted by atomic mass is 9.71. The summed E-state index contributed by atoms with van der Waals surface area (Å²) >= 11 is 3.66. The van der Waals surface area contributed by atoms with Gasteiger partial charge in [0, 0.05) is 9.89 Å². The van der Waals surface area contributed by atoms with Gasteiger partial charge in [0.05, 0.1) is 0 Å². The second-order valence-corrected chi connectivity index (χ2v) is 7.44. The molecule has 0 saturated carbocycles. The first-order valence-corrected chi connectivity index (χ1v) is 9.42. The van der Waals surface area contributed by atoms with Gasteiger partial charge >= 0.3 is 0 Å². The Balaban J connectivity index is 2.19. The molecule has 0 N–H and O–H groups in total. The predicted octanol–water partition coefficient (Wildman–Crippen LogP) is 7.10. The summed E-state index contributed by atoms with van der Waals surface area (Å²) in [4.78, 5) is 0. The van der Waals surface area contributed by atoms with E-state index in [-0.39, 0.29) is 5.41 Å². The molecular weight excluding hydrogens is 332 g/mol. The Hall–Kier alpha value is -1.08. The van der Waals surface area contributed by atoms with Crippen molar-refractivity contribution in [1.82, 2.24) is 0 Å². The van der Waals surface area contributed by atoms with E-state index >= 15 is 0 Å². The van der Waals surface area contributed by atoms with Crippen LogP contribution in [0.3, 0.4) is 0 Å². The van der Waals surface area contributed by atoms with Gasteiger partial charge in [0.1, 0.15) is 0 Å². The molecule has 0 saturated heterocycles. The molecule has 2 aromatic rings. The van der Waals surface area contributed by atoms with E-state index in [2.05, 4.69) is 72.2 Å². The summed E-state index contributed by atoms with van der Waals surface area (Å²) in [5, 5.41) is 0. The van der Waals surface area contributed by atoms with Crippen molar-refractivity contribution in [3.05, 3.63) is 58.1 Å². The van der Waals surface area contributed by atoms with Crippen LogP contribution in [0.1, 0.15) is 63.5 Å². The van der Waals surface area contributed by atoms with Gasteiger partial charge in [-0.15, -0.1) is 0 Å². The van der Waals surface area contributed by atoms with Crippen molar-refractivity contribution in [3.8, 4) is 11.1 Å². The Morgan fingerprint density at radius 2 is 1.45 bits per heavy atom. The van der Waals surface area contributed by atoms with Crippen LogP contribution >= 0.6 is 15.9 Å². The van der Waals surface area contributed by atoms with Crippen LogP contribution < -0.4 is 0 Å². The van der Waals surface area contributed by atoms with Gasteiger partial charge in [0.2, 0.25) is 0 Å². The molecule has 0 atom stereocenters. The van der Waals surface area contributed by atoms with Crippen molar-refractivity contribution in [2.24, 2.45) is 0 Å². The highest BCUT2D eigenvalue weighted by molar-refractivity contribution is 9.10. The number of rotatable bonds is 6. The molecule has 22 heavy (non-hydrogen) atoms. The number of benzene rings is 2. The number of hydrogen-bond donors (Lipinski definition) is 0. The molecule has 0 aliphatic heterocycles. The number of hydrogen-bond acceptors (Lipinski definition) is 0. The largest absolute Gasteiger partial charge is 0.0654 e. The quantitative estimate of drug-likeness (QED) is 0.517. The summed E-state index contributed by atoms with van der Waals surface area (Å²) in [5.74, 6) is 0. The Labute approximate surface area is 143 Å². The fraction of sp³-hybridized carbons (Fsp3) is 0.429. The van der Waals surface area contributed by atoms with Crippen LogP contribution in [0.2, 0.25) is 0 Å². The van der Waals surface area contributed by atoms with Crippen molar-refractivity contribution in [2.75, 3.05) is 0 Å². The van der Waals surface area contributed by atoms with E-state index in [4.69, 9.17) is 0 Å². The molecular formula is C21H25Br. The van der Waals surface area contributed by atoms with Gasteiger partial charge in [-0.25, -0.2) is 0 Å². The maximum absolute atomic E-state index is 3.66. The summed E-state index contributed by atoms with van der Waals surface area (Å²) in [7, 11) is 0. The third kappa shape index (κ3) is 2.54. The number of fused-ring (bicyclic) bond motifs is 3. The predicted molar refractivity (Wildman–Crippen MR) is 99.4 cm³/mol. The zero-order valence-corrected chi connectivity index (χ0v) is 15.2. The lowest BCUT2D eigenvalue weighted by Gasteiger charge is -2.32. The zero-order chi connectivity index (χ0) is 15.6. The monoisotopic (exact) mass is 356 g/mol. The summed E-state index contributed by atoms with van der Waals surface area (Å²) in [6.45, 7) is 4.60. The van der Waals surface area contributed by atoms with Crippen LogP contribution in [0.15, 0.2) is 46.9 Å². The molecule has 116 valence electrons. The van der Waals surface area contributed by atoms with Gasteiger partial charge in [-0.2, -0.15) is 0 Å². The Bertz CT molecular complexity index is 649. The third-order valence-corrected chi connectivity index (χ3v) is 5.64. The second kappa shape index (κ2) is 6.58. The first kappa shape index (κ1) is 15.8. The number of unbranched alkanes of at least 4 members (excludes halogenated alkanes) is 2. The summed E-state index contributed by atoms with van der Waals surface area (Å²) in [6.07, 6.45) is 7.68. The summed E-state index contributed by atoms with van der Waals surface area (Å²) in [6, 6.07) is 16.0. The van der Waals surface area contributed by atoms with E-state index in [1.165, 1.54) is 54.1 Å². The average molecular weight is 357 g/mol. The molecule has 0 radical (unpaired) electrons. The lowest BCUT2D eigenvalue weighted by molar-refractivity contribution is 0.414. The molecule has 2 aromatic carbocycles. The fourth-order valence-corrected chi connectivity index (χ4v) is 4.42. The standard InChI is InChI=1S/C21H25Br/c1-3-5-13-21(14-6-4-2)19-10-8-7-9-17(19)18-15-16(22)11-12-20(18)21/h7-12,15H,3-6,13-14H2,1-2H3. The van der Waals surface area contributed by atoms with Gasteiger partial charge in [0.15, 0.2) is 0 Å². The van der Waals surface area contributed by atoms with Crippen molar-refractivity contribution in [3.63, 3.8) is 0 Å². The zero-order valence-electron chi connectivity index (χ0n) is 13.7. The van der Waals surface area contributed by atoms with Gasteiger partial charge in [-0.3, -0.25) is 0 Å². The fourth-order valence-electron chi connectivity index (χ4n) is 4.06. The summed E-state index contributed by atoms with van der Waals surface area (Å²) < 4.78 is 1.18.